The zero-order chi connectivity index (χ0) is 20.6. The van der Waals surface area contributed by atoms with Crippen molar-refractivity contribution in [3.63, 3.8) is 0 Å². The summed E-state index contributed by atoms with van der Waals surface area (Å²) in [7, 11) is -2.23. The number of sulfonamides is 1. The van der Waals surface area contributed by atoms with Gasteiger partial charge in [-0.05, 0) is 48.6 Å². The van der Waals surface area contributed by atoms with Crippen LogP contribution in [0.3, 0.4) is 0 Å². The number of thiocarbonyl (C=S) groups is 1. The first-order valence-electron chi connectivity index (χ1n) is 7.60. The standard InChI is InChI=1S/C16H13ClFN5O3S2/c1-23-13-7-11(17)12(18)6-10(13)14(15(23)24)21-22-16(27)20-8-2-4-9(5-3-8)28(19,25)26/h2-7,24H,1H3,(H,20,27)(H2,19,25,26). The molecule has 3 rings (SSSR count). The molecular formula is C16H13ClFN5O3S2. The third kappa shape index (κ3) is 3.97. The van der Waals surface area contributed by atoms with Gasteiger partial charge in [-0.3, -0.25) is 0 Å². The molecule has 1 aromatic heterocycles. The van der Waals surface area contributed by atoms with Crippen LogP contribution >= 0.6 is 23.8 Å². The number of benzene rings is 2. The third-order valence-electron chi connectivity index (χ3n) is 3.86. The lowest BCUT2D eigenvalue weighted by molar-refractivity contribution is 0.436. The molecule has 0 bridgehead atoms. The van der Waals surface area contributed by atoms with E-state index in [1.165, 1.54) is 34.9 Å². The molecule has 0 spiro atoms. The Bertz CT molecular complexity index is 1220. The van der Waals surface area contributed by atoms with E-state index in [4.69, 9.17) is 29.0 Å². The number of halogens is 2. The molecule has 0 aliphatic heterocycles. The summed E-state index contributed by atoms with van der Waals surface area (Å²) in [5, 5.41) is 25.9. The zero-order valence-electron chi connectivity index (χ0n) is 14.2. The summed E-state index contributed by atoms with van der Waals surface area (Å²) in [6.07, 6.45) is 0. The van der Waals surface area contributed by atoms with Gasteiger partial charge in [-0.25, -0.2) is 17.9 Å². The maximum atomic E-state index is 13.8. The van der Waals surface area contributed by atoms with E-state index in [1.807, 2.05) is 0 Å². The van der Waals surface area contributed by atoms with Crippen LogP contribution in [-0.2, 0) is 17.1 Å². The van der Waals surface area contributed by atoms with Gasteiger partial charge in [0.15, 0.2) is 5.69 Å². The van der Waals surface area contributed by atoms with Crippen LogP contribution < -0.4 is 10.5 Å². The van der Waals surface area contributed by atoms with Crippen molar-refractivity contribution in [1.82, 2.24) is 4.57 Å². The summed E-state index contributed by atoms with van der Waals surface area (Å²) < 4.78 is 37.7. The highest BCUT2D eigenvalue weighted by Gasteiger charge is 2.17. The highest BCUT2D eigenvalue weighted by Crippen LogP contribution is 2.39. The molecule has 146 valence electrons. The molecule has 0 radical (unpaired) electrons. The van der Waals surface area contributed by atoms with Crippen molar-refractivity contribution in [3.8, 4) is 5.88 Å². The summed E-state index contributed by atoms with van der Waals surface area (Å²) in [5.74, 6) is -0.896. The zero-order valence-corrected chi connectivity index (χ0v) is 16.6. The van der Waals surface area contributed by atoms with Gasteiger partial charge in [0, 0.05) is 18.1 Å². The minimum absolute atomic E-state index is 0.0294. The normalized spacial score (nSPS) is 12.0. The molecule has 3 aromatic rings. The number of anilines is 1. The number of primary sulfonamides is 1. The van der Waals surface area contributed by atoms with Gasteiger partial charge in [0.2, 0.25) is 21.0 Å². The van der Waals surface area contributed by atoms with Gasteiger partial charge in [-0.2, -0.15) is 0 Å². The fourth-order valence-corrected chi connectivity index (χ4v) is 3.30. The van der Waals surface area contributed by atoms with Gasteiger partial charge >= 0.3 is 0 Å². The van der Waals surface area contributed by atoms with Gasteiger partial charge in [0.05, 0.1) is 15.4 Å². The van der Waals surface area contributed by atoms with Crippen molar-refractivity contribution in [3.05, 3.63) is 47.2 Å². The highest BCUT2D eigenvalue weighted by atomic mass is 35.5. The van der Waals surface area contributed by atoms with E-state index in [1.54, 1.807) is 7.05 Å². The molecule has 12 heteroatoms. The Kier molecular flexibility index (Phi) is 5.35. The van der Waals surface area contributed by atoms with Crippen molar-refractivity contribution in [1.29, 1.82) is 0 Å². The molecule has 0 amide bonds. The molecule has 4 N–H and O–H groups in total. The molecule has 1 heterocycles. The van der Waals surface area contributed by atoms with Crippen LogP contribution in [0.1, 0.15) is 0 Å². The van der Waals surface area contributed by atoms with Gasteiger partial charge < -0.3 is 15.0 Å². The molecule has 0 unspecified atom stereocenters. The molecule has 0 saturated heterocycles. The van der Waals surface area contributed by atoms with E-state index in [0.29, 0.717) is 16.6 Å². The number of hydrogen-bond donors (Lipinski definition) is 3. The minimum atomic E-state index is -3.80. The SMILES string of the molecule is Cn1c(O)c(N=NC(=S)Nc2ccc(S(N)(=O)=O)cc2)c2cc(F)c(Cl)cc21. The van der Waals surface area contributed by atoms with Crippen LogP contribution in [0, 0.1) is 5.82 Å². The number of nitrogens with one attached hydrogen (secondary N) is 1. The summed E-state index contributed by atoms with van der Waals surface area (Å²) in [5.41, 5.74) is 0.952. The first-order valence-corrected chi connectivity index (χ1v) is 9.93. The summed E-state index contributed by atoms with van der Waals surface area (Å²) >= 11 is 10.8. The summed E-state index contributed by atoms with van der Waals surface area (Å²) in [6.45, 7) is 0. The fourth-order valence-electron chi connectivity index (χ4n) is 2.47. The molecule has 0 atom stereocenters. The molecule has 0 aliphatic rings. The number of hydrogen-bond acceptors (Lipinski definition) is 5. The predicted molar refractivity (Wildman–Crippen MR) is 108 cm³/mol. The second-order valence-corrected chi connectivity index (χ2v) is 8.07. The molecule has 0 fully saturated rings. The Balaban J connectivity index is 1.85. The van der Waals surface area contributed by atoms with E-state index in [2.05, 4.69) is 15.5 Å². The largest absolute Gasteiger partial charge is 0.493 e. The topological polar surface area (TPSA) is 122 Å². The Morgan fingerprint density at radius 2 is 1.96 bits per heavy atom. The van der Waals surface area contributed by atoms with Crippen molar-refractivity contribution < 1.29 is 17.9 Å². The van der Waals surface area contributed by atoms with Crippen molar-refractivity contribution in [2.75, 3.05) is 5.32 Å². The predicted octanol–water partition coefficient (Wildman–Crippen LogP) is 3.80. The van der Waals surface area contributed by atoms with Crippen LogP contribution in [0.4, 0.5) is 15.8 Å². The smallest absolute Gasteiger partial charge is 0.238 e. The Morgan fingerprint density at radius 1 is 1.32 bits per heavy atom. The fraction of sp³-hybridized carbons (Fsp3) is 0.0625. The number of nitrogens with two attached hydrogens (primary N) is 1. The van der Waals surface area contributed by atoms with Crippen LogP contribution in [0.5, 0.6) is 5.88 Å². The van der Waals surface area contributed by atoms with Crippen LogP contribution in [0.15, 0.2) is 51.5 Å². The average molecular weight is 442 g/mol. The van der Waals surface area contributed by atoms with Crippen LogP contribution in [0.25, 0.3) is 10.9 Å². The number of nitrogens with zero attached hydrogens (tertiary/aromatic N) is 3. The monoisotopic (exact) mass is 441 g/mol. The number of aryl methyl sites for hydroxylation is 1. The van der Waals surface area contributed by atoms with Gasteiger partial charge in [-0.1, -0.05) is 11.6 Å². The third-order valence-corrected chi connectivity index (χ3v) is 5.26. The Labute approximate surface area is 169 Å². The molecule has 28 heavy (non-hydrogen) atoms. The van der Waals surface area contributed by atoms with Gasteiger partial charge in [0.1, 0.15) is 5.82 Å². The van der Waals surface area contributed by atoms with Gasteiger partial charge in [0.25, 0.3) is 0 Å². The van der Waals surface area contributed by atoms with Gasteiger partial charge in [-0.15, -0.1) is 10.2 Å². The summed E-state index contributed by atoms with van der Waals surface area (Å²) in [6, 6.07) is 8.03. The van der Waals surface area contributed by atoms with E-state index < -0.39 is 15.8 Å². The lowest BCUT2D eigenvalue weighted by atomic mass is 10.2. The second-order valence-electron chi connectivity index (χ2n) is 5.71. The van der Waals surface area contributed by atoms with Crippen molar-refractivity contribution in [2.45, 2.75) is 4.90 Å². The molecule has 2 aromatic carbocycles. The molecular weight excluding hydrogens is 429 g/mol. The molecule has 0 aliphatic carbocycles. The van der Waals surface area contributed by atoms with Crippen LogP contribution in [0.2, 0.25) is 5.02 Å². The number of aromatic nitrogens is 1. The minimum Gasteiger partial charge on any atom is -0.493 e. The van der Waals surface area contributed by atoms with Crippen LogP contribution in [-0.4, -0.2) is 23.2 Å². The lowest BCUT2D eigenvalue weighted by Gasteiger charge is -2.04. The van der Waals surface area contributed by atoms with E-state index >= 15 is 0 Å². The lowest BCUT2D eigenvalue weighted by Crippen LogP contribution is -2.12. The second kappa shape index (κ2) is 7.43. The summed E-state index contributed by atoms with van der Waals surface area (Å²) in [4.78, 5) is -0.0491. The average Bonchev–Trinajstić information content (AvgIpc) is 2.84. The first kappa shape index (κ1) is 20.1. The highest BCUT2D eigenvalue weighted by molar-refractivity contribution is 7.89. The number of aromatic hydroxyl groups is 1. The van der Waals surface area contributed by atoms with E-state index in [0.717, 1.165) is 6.07 Å². The van der Waals surface area contributed by atoms with E-state index in [9.17, 15) is 17.9 Å². The first-order chi connectivity index (χ1) is 13.1. The number of azo groups is 1. The Morgan fingerprint density at radius 3 is 2.57 bits per heavy atom. The van der Waals surface area contributed by atoms with E-state index in [-0.39, 0.29) is 26.6 Å². The molecule has 8 nitrogen and oxygen atoms in total. The maximum absolute atomic E-state index is 13.8. The quantitative estimate of drug-likeness (QED) is 0.421. The van der Waals surface area contributed by atoms with Crippen molar-refractivity contribution >= 4 is 61.2 Å². The number of rotatable bonds is 3. The molecule has 0 saturated carbocycles. The maximum Gasteiger partial charge on any atom is 0.238 e. The Hall–Kier alpha value is -2.60. The van der Waals surface area contributed by atoms with Crippen molar-refractivity contribution in [2.24, 2.45) is 22.4 Å². The number of fused-ring (bicyclic) bond motifs is 1.